The monoisotopic (exact) mass is 299 g/mol. The fourth-order valence-electron chi connectivity index (χ4n) is 1.47. The van der Waals surface area contributed by atoms with Crippen molar-refractivity contribution in [3.8, 4) is 5.75 Å². The Kier molecular flexibility index (Phi) is 5.83. The van der Waals surface area contributed by atoms with Gasteiger partial charge in [-0.25, -0.2) is 0 Å². The number of rotatable bonds is 6. The van der Waals surface area contributed by atoms with Crippen LogP contribution in [0.25, 0.3) is 0 Å². The van der Waals surface area contributed by atoms with Gasteiger partial charge < -0.3 is 9.64 Å². The second-order valence-corrected chi connectivity index (χ2v) is 5.51. The third-order valence-corrected chi connectivity index (χ3v) is 3.77. The maximum Gasteiger partial charge on any atom is 0.121 e. The van der Waals surface area contributed by atoms with Gasteiger partial charge in [-0.05, 0) is 18.1 Å². The van der Waals surface area contributed by atoms with E-state index in [1.807, 2.05) is 26.2 Å². The molecule has 0 fully saturated rings. The molecule has 0 radical (unpaired) electrons. The Morgan fingerprint density at radius 1 is 1.29 bits per heavy atom. The molecule has 0 heterocycles. The molecule has 0 spiro atoms. The van der Waals surface area contributed by atoms with Crippen LogP contribution in [0, 0.1) is 11.8 Å². The molecule has 0 aliphatic rings. The topological polar surface area (TPSA) is 12.5 Å². The first-order valence-electron chi connectivity index (χ1n) is 6.00. The van der Waals surface area contributed by atoms with Gasteiger partial charge in [0, 0.05) is 37.1 Å². The average Bonchev–Trinajstić information content (AvgIpc) is 2.29. The van der Waals surface area contributed by atoms with Gasteiger partial charge in [0.2, 0.25) is 0 Å². The zero-order valence-electron chi connectivity index (χ0n) is 11.1. The van der Waals surface area contributed by atoms with Crippen LogP contribution in [0.15, 0.2) is 24.3 Å². The Bertz CT molecular complexity index is 339. The Morgan fingerprint density at radius 3 is 2.53 bits per heavy atom. The van der Waals surface area contributed by atoms with Gasteiger partial charge >= 0.3 is 0 Å². The van der Waals surface area contributed by atoms with Crippen molar-refractivity contribution in [3.05, 3.63) is 24.3 Å². The molecule has 17 heavy (non-hydrogen) atoms. The highest BCUT2D eigenvalue weighted by atomic mass is 79.9. The number of anilines is 1. The van der Waals surface area contributed by atoms with Gasteiger partial charge in [0.05, 0.1) is 6.61 Å². The van der Waals surface area contributed by atoms with E-state index in [-0.39, 0.29) is 0 Å². The van der Waals surface area contributed by atoms with Crippen LogP contribution in [-0.2, 0) is 0 Å². The molecule has 0 aromatic heterocycles. The first-order valence-corrected chi connectivity index (χ1v) is 7.13. The SMILES string of the molecule is CC(C)C(CBr)COc1cccc(N(C)C)c1. The van der Waals surface area contributed by atoms with Crippen molar-refractivity contribution in [3.63, 3.8) is 0 Å². The van der Waals surface area contributed by atoms with E-state index in [1.165, 1.54) is 5.69 Å². The summed E-state index contributed by atoms with van der Waals surface area (Å²) < 4.78 is 5.85. The third kappa shape index (κ3) is 4.58. The van der Waals surface area contributed by atoms with Crippen molar-refractivity contribution < 1.29 is 4.74 Å². The van der Waals surface area contributed by atoms with Crippen LogP contribution in [0.2, 0.25) is 0 Å². The average molecular weight is 300 g/mol. The molecule has 1 unspecified atom stereocenters. The molecule has 96 valence electrons. The van der Waals surface area contributed by atoms with Crippen LogP contribution < -0.4 is 9.64 Å². The summed E-state index contributed by atoms with van der Waals surface area (Å²) in [5.41, 5.74) is 1.17. The van der Waals surface area contributed by atoms with Crippen LogP contribution in [0.3, 0.4) is 0 Å². The lowest BCUT2D eigenvalue weighted by molar-refractivity contribution is 0.227. The fourth-order valence-corrected chi connectivity index (χ4v) is 2.40. The molecule has 1 aromatic rings. The van der Waals surface area contributed by atoms with E-state index in [9.17, 15) is 0 Å². The number of alkyl halides is 1. The Hall–Kier alpha value is -0.700. The Morgan fingerprint density at radius 2 is 2.00 bits per heavy atom. The van der Waals surface area contributed by atoms with Crippen molar-refractivity contribution in [2.75, 3.05) is 30.9 Å². The summed E-state index contributed by atoms with van der Waals surface area (Å²) in [6, 6.07) is 8.20. The zero-order valence-corrected chi connectivity index (χ0v) is 12.7. The smallest absolute Gasteiger partial charge is 0.121 e. The number of benzene rings is 1. The molecule has 0 saturated heterocycles. The molecular formula is C14H22BrNO. The molecule has 0 saturated carbocycles. The normalized spacial score (nSPS) is 12.6. The predicted octanol–water partition coefficient (Wildman–Crippen LogP) is 3.80. The number of hydrogen-bond donors (Lipinski definition) is 0. The van der Waals surface area contributed by atoms with Gasteiger partial charge in [-0.3, -0.25) is 0 Å². The molecule has 3 heteroatoms. The minimum absolute atomic E-state index is 0.554. The first-order chi connectivity index (χ1) is 8.04. The maximum absolute atomic E-state index is 5.85. The van der Waals surface area contributed by atoms with Gasteiger partial charge in [-0.1, -0.05) is 35.8 Å². The Labute approximate surface area is 113 Å². The molecule has 1 atom stereocenters. The van der Waals surface area contributed by atoms with E-state index < -0.39 is 0 Å². The van der Waals surface area contributed by atoms with Crippen LogP contribution in [0.5, 0.6) is 5.75 Å². The number of hydrogen-bond acceptors (Lipinski definition) is 2. The van der Waals surface area contributed by atoms with E-state index >= 15 is 0 Å². The molecule has 0 aliphatic carbocycles. The van der Waals surface area contributed by atoms with E-state index in [1.54, 1.807) is 0 Å². The predicted molar refractivity (Wildman–Crippen MR) is 78.4 cm³/mol. The first kappa shape index (κ1) is 14.4. The second-order valence-electron chi connectivity index (χ2n) is 4.86. The zero-order chi connectivity index (χ0) is 12.8. The third-order valence-electron chi connectivity index (χ3n) is 2.94. The van der Waals surface area contributed by atoms with Crippen LogP contribution in [-0.4, -0.2) is 26.0 Å². The van der Waals surface area contributed by atoms with Gasteiger partial charge in [0.25, 0.3) is 0 Å². The maximum atomic E-state index is 5.85. The summed E-state index contributed by atoms with van der Waals surface area (Å²) in [6.45, 7) is 5.22. The standard InChI is InChI=1S/C14H22BrNO/c1-11(2)12(9-15)10-17-14-7-5-6-13(8-14)16(3)4/h5-8,11-12H,9-10H2,1-4H3. The lowest BCUT2D eigenvalue weighted by Crippen LogP contribution is -2.19. The van der Waals surface area contributed by atoms with Gasteiger partial charge in [0.15, 0.2) is 0 Å². The van der Waals surface area contributed by atoms with Gasteiger partial charge in [-0.2, -0.15) is 0 Å². The van der Waals surface area contributed by atoms with Crippen LogP contribution in [0.4, 0.5) is 5.69 Å². The van der Waals surface area contributed by atoms with Crippen LogP contribution in [0.1, 0.15) is 13.8 Å². The summed E-state index contributed by atoms with van der Waals surface area (Å²) in [6.07, 6.45) is 0. The number of ether oxygens (including phenoxy) is 1. The van der Waals surface area contributed by atoms with Gasteiger partial charge in [-0.15, -0.1) is 0 Å². The lowest BCUT2D eigenvalue weighted by atomic mass is 9.99. The van der Waals surface area contributed by atoms with E-state index in [4.69, 9.17) is 4.74 Å². The van der Waals surface area contributed by atoms with Crippen molar-refractivity contribution in [1.29, 1.82) is 0 Å². The van der Waals surface area contributed by atoms with Crippen molar-refractivity contribution in [2.45, 2.75) is 13.8 Å². The molecule has 1 rings (SSSR count). The molecule has 2 nitrogen and oxygen atoms in total. The number of halogens is 1. The quantitative estimate of drug-likeness (QED) is 0.741. The van der Waals surface area contributed by atoms with Crippen molar-refractivity contribution in [2.24, 2.45) is 11.8 Å². The summed E-state index contributed by atoms with van der Waals surface area (Å²) in [7, 11) is 4.07. The minimum atomic E-state index is 0.554. The summed E-state index contributed by atoms with van der Waals surface area (Å²) in [5, 5.41) is 0.984. The molecular weight excluding hydrogens is 278 g/mol. The molecule has 0 N–H and O–H groups in total. The number of nitrogens with zero attached hydrogens (tertiary/aromatic N) is 1. The summed E-state index contributed by atoms with van der Waals surface area (Å²) in [4.78, 5) is 2.08. The van der Waals surface area contributed by atoms with Crippen LogP contribution >= 0.6 is 15.9 Å². The fraction of sp³-hybridized carbons (Fsp3) is 0.571. The summed E-state index contributed by atoms with van der Waals surface area (Å²) >= 11 is 3.54. The molecule has 0 aliphatic heterocycles. The lowest BCUT2D eigenvalue weighted by Gasteiger charge is -2.19. The molecule has 1 aromatic carbocycles. The minimum Gasteiger partial charge on any atom is -0.493 e. The highest BCUT2D eigenvalue weighted by Crippen LogP contribution is 2.21. The van der Waals surface area contributed by atoms with Crippen molar-refractivity contribution >= 4 is 21.6 Å². The van der Waals surface area contributed by atoms with Crippen molar-refractivity contribution in [1.82, 2.24) is 0 Å². The highest BCUT2D eigenvalue weighted by molar-refractivity contribution is 9.09. The molecule has 0 bridgehead atoms. The van der Waals surface area contributed by atoms with E-state index in [2.05, 4.69) is 46.8 Å². The second kappa shape index (κ2) is 6.90. The van der Waals surface area contributed by atoms with E-state index in [0.29, 0.717) is 11.8 Å². The highest BCUT2D eigenvalue weighted by Gasteiger charge is 2.12. The molecule has 0 amide bonds. The van der Waals surface area contributed by atoms with E-state index in [0.717, 1.165) is 17.7 Å². The summed E-state index contributed by atoms with van der Waals surface area (Å²) in [5.74, 6) is 2.13. The largest absolute Gasteiger partial charge is 0.493 e. The Balaban J connectivity index is 2.59. The van der Waals surface area contributed by atoms with Gasteiger partial charge in [0.1, 0.15) is 5.75 Å².